The summed E-state index contributed by atoms with van der Waals surface area (Å²) in [7, 11) is 0. The molecular formula is C11H19F3O. The Morgan fingerprint density at radius 1 is 1.13 bits per heavy atom. The van der Waals surface area contributed by atoms with Crippen LogP contribution in [-0.2, 0) is 4.74 Å². The summed E-state index contributed by atoms with van der Waals surface area (Å²) >= 11 is 0. The van der Waals surface area contributed by atoms with Crippen LogP contribution >= 0.6 is 0 Å². The minimum Gasteiger partial charge on any atom is -0.368 e. The third-order valence-corrected chi connectivity index (χ3v) is 2.64. The van der Waals surface area contributed by atoms with Gasteiger partial charge in [-0.3, -0.25) is 0 Å². The Kier molecular flexibility index (Phi) is 3.69. The molecule has 0 aromatic rings. The van der Waals surface area contributed by atoms with Gasteiger partial charge in [0.1, 0.15) is 0 Å². The van der Waals surface area contributed by atoms with Crippen LogP contribution in [0.1, 0.15) is 40.0 Å². The van der Waals surface area contributed by atoms with Crippen LogP contribution in [0.4, 0.5) is 13.2 Å². The van der Waals surface area contributed by atoms with Crippen LogP contribution in [0, 0.1) is 11.3 Å². The minimum atomic E-state index is -4.19. The zero-order valence-corrected chi connectivity index (χ0v) is 9.53. The van der Waals surface area contributed by atoms with Gasteiger partial charge in [-0.25, -0.2) is 0 Å². The highest BCUT2D eigenvalue weighted by Gasteiger charge is 2.43. The van der Waals surface area contributed by atoms with E-state index in [0.29, 0.717) is 6.42 Å². The summed E-state index contributed by atoms with van der Waals surface area (Å²) in [4.78, 5) is 0. The Balaban J connectivity index is 2.37. The molecule has 0 aliphatic carbocycles. The fourth-order valence-electron chi connectivity index (χ4n) is 2.09. The maximum absolute atomic E-state index is 12.3. The van der Waals surface area contributed by atoms with Crippen molar-refractivity contribution < 1.29 is 17.9 Å². The number of halogens is 3. The summed E-state index contributed by atoms with van der Waals surface area (Å²) in [6.07, 6.45) is -4.05. The molecule has 0 unspecified atom stereocenters. The molecule has 1 fully saturated rings. The van der Waals surface area contributed by atoms with Crippen LogP contribution in [0.2, 0.25) is 0 Å². The topological polar surface area (TPSA) is 9.23 Å². The number of hydrogen-bond donors (Lipinski definition) is 0. The van der Waals surface area contributed by atoms with E-state index in [0.717, 1.165) is 6.42 Å². The molecule has 90 valence electrons. The molecule has 0 N–H and O–H groups in total. The number of hydrogen-bond acceptors (Lipinski definition) is 1. The molecule has 0 amide bonds. The smallest absolute Gasteiger partial charge is 0.368 e. The Labute approximate surface area is 89.0 Å². The van der Waals surface area contributed by atoms with Gasteiger partial charge >= 0.3 is 6.18 Å². The molecule has 0 bridgehead atoms. The van der Waals surface area contributed by atoms with Gasteiger partial charge in [-0.15, -0.1) is 0 Å². The third-order valence-electron chi connectivity index (χ3n) is 2.64. The lowest BCUT2D eigenvalue weighted by molar-refractivity contribution is -0.236. The Morgan fingerprint density at radius 3 is 2.07 bits per heavy atom. The lowest BCUT2D eigenvalue weighted by atomic mass is 9.82. The molecule has 0 spiro atoms. The maximum Gasteiger partial charge on any atom is 0.414 e. The lowest BCUT2D eigenvalue weighted by Crippen LogP contribution is -2.38. The summed E-state index contributed by atoms with van der Waals surface area (Å²) in [6.45, 7) is 6.55. The first-order valence-corrected chi connectivity index (χ1v) is 5.37. The molecule has 2 atom stereocenters. The summed E-state index contributed by atoms with van der Waals surface area (Å²) < 4.78 is 41.7. The van der Waals surface area contributed by atoms with Crippen LogP contribution < -0.4 is 0 Å². The number of ether oxygens (including phenoxy) is 1. The van der Waals surface area contributed by atoms with Crippen molar-refractivity contribution in [2.24, 2.45) is 11.3 Å². The van der Waals surface area contributed by atoms with E-state index in [9.17, 15) is 13.2 Å². The summed E-state index contributed by atoms with van der Waals surface area (Å²) in [6, 6.07) is 0. The molecule has 0 aromatic heterocycles. The normalized spacial score (nSPS) is 29.2. The van der Waals surface area contributed by atoms with Crippen LogP contribution in [0.5, 0.6) is 0 Å². The Hall–Kier alpha value is -0.250. The monoisotopic (exact) mass is 224 g/mol. The quantitative estimate of drug-likeness (QED) is 0.658. The van der Waals surface area contributed by atoms with Gasteiger partial charge in [-0.2, -0.15) is 13.2 Å². The fourth-order valence-corrected chi connectivity index (χ4v) is 2.09. The van der Waals surface area contributed by atoms with E-state index in [2.05, 4.69) is 20.8 Å². The number of alkyl halides is 3. The highest BCUT2D eigenvalue weighted by molar-refractivity contribution is 4.78. The van der Waals surface area contributed by atoms with Gasteiger partial charge in [0.15, 0.2) is 6.10 Å². The van der Waals surface area contributed by atoms with Crippen LogP contribution in [0.15, 0.2) is 0 Å². The van der Waals surface area contributed by atoms with Gasteiger partial charge in [-0.05, 0) is 30.6 Å². The van der Waals surface area contributed by atoms with Crippen molar-refractivity contribution in [3.63, 3.8) is 0 Å². The standard InChI is InChI=1S/C11H19F3O/c1-10(2,3)6-8-4-5-9(15-7-8)11(12,13)14/h8-9H,4-7H2,1-3H3/t8-,9-/m0/s1. The fraction of sp³-hybridized carbons (Fsp3) is 1.00. The molecule has 1 nitrogen and oxygen atoms in total. The average molecular weight is 224 g/mol. The molecule has 1 rings (SSSR count). The van der Waals surface area contributed by atoms with Crippen LogP contribution in [0.3, 0.4) is 0 Å². The molecule has 0 radical (unpaired) electrons. The first kappa shape index (κ1) is 12.8. The summed E-state index contributed by atoms with van der Waals surface area (Å²) in [5, 5.41) is 0. The third kappa shape index (κ3) is 4.41. The van der Waals surface area contributed by atoms with Gasteiger partial charge in [0.05, 0.1) is 6.61 Å². The van der Waals surface area contributed by atoms with Crippen molar-refractivity contribution in [3.05, 3.63) is 0 Å². The van der Waals surface area contributed by atoms with Crippen LogP contribution in [-0.4, -0.2) is 18.9 Å². The van der Waals surface area contributed by atoms with E-state index in [1.165, 1.54) is 0 Å². The Morgan fingerprint density at radius 2 is 1.73 bits per heavy atom. The van der Waals surface area contributed by atoms with E-state index in [4.69, 9.17) is 4.74 Å². The lowest BCUT2D eigenvalue weighted by Gasteiger charge is -2.33. The van der Waals surface area contributed by atoms with Crippen molar-refractivity contribution >= 4 is 0 Å². The molecule has 15 heavy (non-hydrogen) atoms. The van der Waals surface area contributed by atoms with Gasteiger partial charge < -0.3 is 4.74 Å². The van der Waals surface area contributed by atoms with Crippen molar-refractivity contribution in [1.29, 1.82) is 0 Å². The van der Waals surface area contributed by atoms with Crippen molar-refractivity contribution in [2.45, 2.75) is 52.3 Å². The summed E-state index contributed by atoms with van der Waals surface area (Å²) in [5.74, 6) is 0.281. The second-order valence-corrected chi connectivity index (χ2v) is 5.57. The van der Waals surface area contributed by atoms with Crippen LogP contribution in [0.25, 0.3) is 0 Å². The van der Waals surface area contributed by atoms with Gasteiger partial charge in [-0.1, -0.05) is 20.8 Å². The first-order valence-electron chi connectivity index (χ1n) is 5.37. The minimum absolute atomic E-state index is 0.115. The van der Waals surface area contributed by atoms with E-state index in [-0.39, 0.29) is 24.4 Å². The van der Waals surface area contributed by atoms with E-state index in [1.807, 2.05) is 0 Å². The van der Waals surface area contributed by atoms with E-state index in [1.54, 1.807) is 0 Å². The van der Waals surface area contributed by atoms with Crippen molar-refractivity contribution in [1.82, 2.24) is 0 Å². The Bertz CT molecular complexity index is 197. The molecule has 1 aliphatic rings. The molecule has 0 saturated carbocycles. The molecule has 0 aromatic carbocycles. The van der Waals surface area contributed by atoms with Gasteiger partial charge in [0.25, 0.3) is 0 Å². The van der Waals surface area contributed by atoms with E-state index >= 15 is 0 Å². The largest absolute Gasteiger partial charge is 0.414 e. The zero-order valence-electron chi connectivity index (χ0n) is 9.53. The molecular weight excluding hydrogens is 205 g/mol. The second kappa shape index (κ2) is 4.32. The summed E-state index contributed by atoms with van der Waals surface area (Å²) in [5.41, 5.74) is 0.166. The highest BCUT2D eigenvalue weighted by atomic mass is 19.4. The average Bonchev–Trinajstić information content (AvgIpc) is 2.00. The zero-order chi connectivity index (χ0) is 11.7. The molecule has 1 heterocycles. The van der Waals surface area contributed by atoms with Gasteiger partial charge in [0.2, 0.25) is 0 Å². The maximum atomic E-state index is 12.3. The predicted octanol–water partition coefficient (Wildman–Crippen LogP) is 3.78. The molecule has 1 saturated heterocycles. The predicted molar refractivity (Wildman–Crippen MR) is 52.6 cm³/mol. The second-order valence-electron chi connectivity index (χ2n) is 5.57. The van der Waals surface area contributed by atoms with E-state index < -0.39 is 12.3 Å². The highest BCUT2D eigenvalue weighted by Crippen LogP contribution is 2.35. The van der Waals surface area contributed by atoms with Crippen molar-refractivity contribution in [2.75, 3.05) is 6.61 Å². The first-order chi connectivity index (χ1) is 6.68. The molecule has 1 aliphatic heterocycles. The van der Waals surface area contributed by atoms with Crippen molar-refractivity contribution in [3.8, 4) is 0 Å². The molecule has 4 heteroatoms. The number of rotatable bonds is 1. The SMILES string of the molecule is CC(C)(C)C[C@@H]1CC[C@@H](C(F)(F)F)OC1. The van der Waals surface area contributed by atoms with Gasteiger partial charge in [0, 0.05) is 0 Å².